The van der Waals surface area contributed by atoms with Crippen LogP contribution in [0.15, 0.2) is 53.1 Å². The molecule has 6 heteroatoms. The van der Waals surface area contributed by atoms with Crippen LogP contribution < -0.4 is 5.32 Å². The Morgan fingerprint density at radius 3 is 2.62 bits per heavy atom. The van der Waals surface area contributed by atoms with Crippen LogP contribution in [-0.4, -0.2) is 18.4 Å². The number of aryl methyl sites for hydroxylation is 2. The van der Waals surface area contributed by atoms with Gasteiger partial charge in [0.25, 0.3) is 0 Å². The van der Waals surface area contributed by atoms with E-state index in [1.54, 1.807) is 41.9 Å². The SMILES string of the molecule is Cc1cc(C(=O)COC(=O)c2ccccc2NCc2ccco2)c(C)s1. The highest BCUT2D eigenvalue weighted by Crippen LogP contribution is 2.22. The summed E-state index contributed by atoms with van der Waals surface area (Å²) in [5, 5.41) is 3.15. The van der Waals surface area contributed by atoms with Gasteiger partial charge in [0.15, 0.2) is 6.61 Å². The summed E-state index contributed by atoms with van der Waals surface area (Å²) in [6, 6.07) is 12.5. The Balaban J connectivity index is 1.64. The molecule has 0 aliphatic carbocycles. The van der Waals surface area contributed by atoms with Crippen molar-refractivity contribution in [1.29, 1.82) is 0 Å². The van der Waals surface area contributed by atoms with Crippen LogP contribution in [0.5, 0.6) is 0 Å². The van der Waals surface area contributed by atoms with Crippen molar-refractivity contribution in [2.45, 2.75) is 20.4 Å². The van der Waals surface area contributed by atoms with E-state index in [1.807, 2.05) is 32.0 Å². The number of rotatable bonds is 7. The Bertz CT molecular complexity index is 912. The molecule has 0 fully saturated rings. The summed E-state index contributed by atoms with van der Waals surface area (Å²) in [6.45, 7) is 4.01. The van der Waals surface area contributed by atoms with Gasteiger partial charge in [-0.2, -0.15) is 0 Å². The molecule has 0 spiro atoms. The molecule has 1 N–H and O–H groups in total. The van der Waals surface area contributed by atoms with Crippen molar-refractivity contribution in [2.75, 3.05) is 11.9 Å². The number of Topliss-reactive ketones (excluding diaryl/α,β-unsaturated/α-hetero) is 1. The number of hydrogen-bond donors (Lipinski definition) is 1. The molecule has 3 aromatic rings. The van der Waals surface area contributed by atoms with Gasteiger partial charge in [0.05, 0.1) is 18.4 Å². The fourth-order valence-electron chi connectivity index (χ4n) is 2.61. The van der Waals surface area contributed by atoms with Gasteiger partial charge in [0, 0.05) is 21.0 Å². The first-order chi connectivity index (χ1) is 12.5. The highest BCUT2D eigenvalue weighted by atomic mass is 32.1. The third kappa shape index (κ3) is 4.21. The molecule has 0 atom stereocenters. The van der Waals surface area contributed by atoms with Crippen molar-refractivity contribution in [2.24, 2.45) is 0 Å². The molecule has 5 nitrogen and oxygen atoms in total. The van der Waals surface area contributed by atoms with E-state index in [9.17, 15) is 9.59 Å². The molecule has 0 radical (unpaired) electrons. The number of carbonyl (C=O) groups excluding carboxylic acids is 2. The van der Waals surface area contributed by atoms with Gasteiger partial charge in [-0.1, -0.05) is 12.1 Å². The highest BCUT2D eigenvalue weighted by Gasteiger charge is 2.17. The first-order valence-corrected chi connectivity index (χ1v) is 8.99. The summed E-state index contributed by atoms with van der Waals surface area (Å²) in [7, 11) is 0. The first kappa shape index (κ1) is 17.9. The number of esters is 1. The quantitative estimate of drug-likeness (QED) is 0.486. The standard InChI is InChI=1S/C20H19NO4S/c1-13-10-17(14(2)26-13)19(22)12-25-20(23)16-7-3-4-8-18(16)21-11-15-6-5-9-24-15/h3-10,21H,11-12H2,1-2H3. The van der Waals surface area contributed by atoms with E-state index in [0.717, 1.165) is 15.5 Å². The van der Waals surface area contributed by atoms with Gasteiger partial charge in [0.1, 0.15) is 5.76 Å². The minimum atomic E-state index is -0.537. The van der Waals surface area contributed by atoms with Crippen LogP contribution in [0.3, 0.4) is 0 Å². The van der Waals surface area contributed by atoms with Crippen LogP contribution in [0.4, 0.5) is 5.69 Å². The normalized spacial score (nSPS) is 10.5. The molecule has 0 aliphatic rings. The average molecular weight is 369 g/mol. The molecule has 2 heterocycles. The molecular weight excluding hydrogens is 350 g/mol. The number of para-hydroxylation sites is 1. The average Bonchev–Trinajstić information content (AvgIpc) is 3.27. The maximum atomic E-state index is 12.4. The Morgan fingerprint density at radius 1 is 1.12 bits per heavy atom. The predicted molar refractivity (Wildman–Crippen MR) is 101 cm³/mol. The lowest BCUT2D eigenvalue weighted by atomic mass is 10.1. The van der Waals surface area contributed by atoms with Gasteiger partial charge in [-0.25, -0.2) is 4.79 Å². The zero-order valence-corrected chi connectivity index (χ0v) is 15.4. The summed E-state index contributed by atoms with van der Waals surface area (Å²) < 4.78 is 10.5. The van der Waals surface area contributed by atoms with Crippen molar-refractivity contribution in [1.82, 2.24) is 0 Å². The van der Waals surface area contributed by atoms with Gasteiger partial charge < -0.3 is 14.5 Å². The lowest BCUT2D eigenvalue weighted by Gasteiger charge is -2.10. The number of ketones is 1. The first-order valence-electron chi connectivity index (χ1n) is 8.17. The van der Waals surface area contributed by atoms with Crippen LogP contribution in [-0.2, 0) is 11.3 Å². The van der Waals surface area contributed by atoms with Crippen LogP contribution in [0.2, 0.25) is 0 Å². The minimum absolute atomic E-state index is 0.193. The predicted octanol–water partition coefficient (Wildman–Crippen LogP) is 4.61. The van der Waals surface area contributed by atoms with E-state index >= 15 is 0 Å². The molecule has 26 heavy (non-hydrogen) atoms. The van der Waals surface area contributed by atoms with Crippen LogP contribution in [0, 0.1) is 13.8 Å². The fourth-order valence-corrected chi connectivity index (χ4v) is 3.55. The number of carbonyl (C=O) groups is 2. The maximum Gasteiger partial charge on any atom is 0.340 e. The summed E-state index contributed by atoms with van der Waals surface area (Å²) in [6.07, 6.45) is 1.59. The van der Waals surface area contributed by atoms with Crippen molar-refractivity contribution < 1.29 is 18.7 Å². The maximum absolute atomic E-state index is 12.4. The molecule has 0 saturated carbocycles. The zero-order valence-electron chi connectivity index (χ0n) is 14.6. The number of benzene rings is 1. The second kappa shape index (κ2) is 8.01. The largest absolute Gasteiger partial charge is 0.467 e. The number of thiophene rings is 1. The van der Waals surface area contributed by atoms with Crippen LogP contribution >= 0.6 is 11.3 Å². The van der Waals surface area contributed by atoms with Crippen molar-refractivity contribution in [3.05, 3.63) is 75.4 Å². The number of nitrogens with one attached hydrogen (secondary N) is 1. The molecule has 2 aromatic heterocycles. The molecule has 0 unspecified atom stereocenters. The molecule has 3 rings (SSSR count). The number of anilines is 1. The third-order valence-corrected chi connectivity index (χ3v) is 4.82. The van der Waals surface area contributed by atoms with Gasteiger partial charge in [-0.3, -0.25) is 4.79 Å². The van der Waals surface area contributed by atoms with Crippen molar-refractivity contribution >= 4 is 28.8 Å². The van der Waals surface area contributed by atoms with Gasteiger partial charge >= 0.3 is 5.97 Å². The summed E-state index contributed by atoms with van der Waals surface area (Å²) in [5.41, 5.74) is 1.62. The lowest BCUT2D eigenvalue weighted by molar-refractivity contribution is 0.0475. The summed E-state index contributed by atoms with van der Waals surface area (Å²) in [5.74, 6) is 0.0263. The smallest absolute Gasteiger partial charge is 0.340 e. The second-order valence-corrected chi connectivity index (χ2v) is 7.27. The minimum Gasteiger partial charge on any atom is -0.467 e. The van der Waals surface area contributed by atoms with Gasteiger partial charge in [-0.05, 0) is 44.2 Å². The Labute approximate surface area is 155 Å². The fraction of sp³-hybridized carbons (Fsp3) is 0.200. The molecule has 0 saturated heterocycles. The van der Waals surface area contributed by atoms with E-state index in [0.29, 0.717) is 23.4 Å². The molecule has 134 valence electrons. The Kier molecular flexibility index (Phi) is 5.53. The van der Waals surface area contributed by atoms with E-state index < -0.39 is 5.97 Å². The van der Waals surface area contributed by atoms with Crippen LogP contribution in [0.25, 0.3) is 0 Å². The molecule has 1 aromatic carbocycles. The Morgan fingerprint density at radius 2 is 1.92 bits per heavy atom. The van der Waals surface area contributed by atoms with Gasteiger partial charge in [0.2, 0.25) is 5.78 Å². The van der Waals surface area contributed by atoms with E-state index in [4.69, 9.17) is 9.15 Å². The van der Waals surface area contributed by atoms with E-state index in [1.165, 1.54) is 0 Å². The second-order valence-electron chi connectivity index (χ2n) is 5.80. The molecule has 0 aliphatic heterocycles. The number of furan rings is 1. The summed E-state index contributed by atoms with van der Waals surface area (Å²) in [4.78, 5) is 26.7. The van der Waals surface area contributed by atoms with Crippen LogP contribution in [0.1, 0.15) is 36.2 Å². The monoisotopic (exact) mass is 369 g/mol. The molecular formula is C20H19NO4S. The zero-order chi connectivity index (χ0) is 18.5. The number of hydrogen-bond acceptors (Lipinski definition) is 6. The summed E-state index contributed by atoms with van der Waals surface area (Å²) >= 11 is 1.56. The highest BCUT2D eigenvalue weighted by molar-refractivity contribution is 7.12. The topological polar surface area (TPSA) is 68.5 Å². The van der Waals surface area contributed by atoms with Crippen molar-refractivity contribution in [3.63, 3.8) is 0 Å². The Hall–Kier alpha value is -2.86. The van der Waals surface area contributed by atoms with E-state index in [-0.39, 0.29) is 12.4 Å². The lowest BCUT2D eigenvalue weighted by Crippen LogP contribution is -2.16. The molecule has 0 bridgehead atoms. The number of ether oxygens (including phenoxy) is 1. The third-order valence-electron chi connectivity index (χ3n) is 3.86. The van der Waals surface area contributed by atoms with Gasteiger partial charge in [-0.15, -0.1) is 11.3 Å². The molecule has 0 amide bonds. The van der Waals surface area contributed by atoms with Crippen molar-refractivity contribution in [3.8, 4) is 0 Å². The van der Waals surface area contributed by atoms with E-state index in [2.05, 4.69) is 5.32 Å².